The lowest BCUT2D eigenvalue weighted by molar-refractivity contribution is 0.296. The van der Waals surface area contributed by atoms with Crippen LogP contribution in [0.3, 0.4) is 0 Å². The number of benzene rings is 1. The molecule has 1 aromatic carbocycles. The molecular weight excluding hydrogens is 224 g/mol. The van der Waals surface area contributed by atoms with E-state index in [1.54, 1.807) is 0 Å². The lowest BCUT2D eigenvalue weighted by atomic mass is 10.1. The van der Waals surface area contributed by atoms with Crippen LogP contribution in [0, 0.1) is 13.8 Å². The molecule has 0 saturated heterocycles. The Kier molecular flexibility index (Phi) is 3.95. The maximum absolute atomic E-state index is 5.86. The second-order valence-corrected chi connectivity index (χ2v) is 4.33. The molecule has 2 aromatic rings. The van der Waals surface area contributed by atoms with E-state index in [2.05, 4.69) is 4.98 Å². The van der Waals surface area contributed by atoms with Crippen molar-refractivity contribution in [3.8, 4) is 5.75 Å². The van der Waals surface area contributed by atoms with Gasteiger partial charge in [-0.3, -0.25) is 4.98 Å². The van der Waals surface area contributed by atoms with Crippen LogP contribution in [0.2, 0.25) is 0 Å². The highest BCUT2D eigenvalue weighted by Crippen LogP contribution is 2.23. The number of nitrogens with zero attached hydrogens (tertiary/aromatic N) is 1. The molecular formula is C15H18N2O. The van der Waals surface area contributed by atoms with Crippen LogP contribution in [0.4, 0.5) is 0 Å². The summed E-state index contributed by atoms with van der Waals surface area (Å²) in [4.78, 5) is 4.42. The van der Waals surface area contributed by atoms with Gasteiger partial charge in [0.2, 0.25) is 0 Å². The summed E-state index contributed by atoms with van der Waals surface area (Å²) in [5.74, 6) is 0.878. The van der Waals surface area contributed by atoms with E-state index < -0.39 is 0 Å². The number of hydrogen-bond donors (Lipinski definition) is 1. The zero-order chi connectivity index (χ0) is 13.0. The van der Waals surface area contributed by atoms with Crippen molar-refractivity contribution in [1.82, 2.24) is 4.98 Å². The third-order valence-corrected chi connectivity index (χ3v) is 2.82. The molecule has 0 aliphatic carbocycles. The second-order valence-electron chi connectivity index (χ2n) is 4.33. The number of aryl methyl sites for hydroxylation is 2. The fourth-order valence-corrected chi connectivity index (χ4v) is 1.91. The Morgan fingerprint density at radius 1 is 1.11 bits per heavy atom. The molecule has 2 N–H and O–H groups in total. The van der Waals surface area contributed by atoms with E-state index in [0.29, 0.717) is 13.2 Å². The lowest BCUT2D eigenvalue weighted by Gasteiger charge is -2.13. The molecule has 94 valence electrons. The van der Waals surface area contributed by atoms with Crippen LogP contribution in [0.15, 0.2) is 36.4 Å². The molecule has 1 aromatic heterocycles. The standard InChI is InChI=1S/C15H18N2O/c1-11-5-3-7-13(9-16)15(11)18-10-14-8-4-6-12(2)17-14/h3-8H,9-10,16H2,1-2H3. The number of para-hydroxylation sites is 1. The van der Waals surface area contributed by atoms with E-state index in [4.69, 9.17) is 10.5 Å². The SMILES string of the molecule is Cc1cccc(COc2c(C)cccc2CN)n1. The molecule has 2 rings (SSSR count). The first-order chi connectivity index (χ1) is 8.70. The Morgan fingerprint density at radius 3 is 2.61 bits per heavy atom. The summed E-state index contributed by atoms with van der Waals surface area (Å²) < 4.78 is 5.86. The third-order valence-electron chi connectivity index (χ3n) is 2.82. The maximum atomic E-state index is 5.86. The first-order valence-electron chi connectivity index (χ1n) is 6.04. The Hall–Kier alpha value is -1.87. The van der Waals surface area contributed by atoms with Crippen molar-refractivity contribution < 1.29 is 4.74 Å². The van der Waals surface area contributed by atoms with Gasteiger partial charge in [0.05, 0.1) is 5.69 Å². The van der Waals surface area contributed by atoms with Gasteiger partial charge in [-0.1, -0.05) is 24.3 Å². The topological polar surface area (TPSA) is 48.1 Å². The molecule has 3 heteroatoms. The van der Waals surface area contributed by atoms with Crippen molar-refractivity contribution in [3.05, 3.63) is 58.9 Å². The summed E-state index contributed by atoms with van der Waals surface area (Å²) in [5, 5.41) is 0. The molecule has 0 bridgehead atoms. The number of rotatable bonds is 4. The van der Waals surface area contributed by atoms with E-state index >= 15 is 0 Å². The number of hydrogen-bond acceptors (Lipinski definition) is 3. The average molecular weight is 242 g/mol. The number of aromatic nitrogens is 1. The molecule has 0 aliphatic heterocycles. The number of nitrogens with two attached hydrogens (primary N) is 1. The van der Waals surface area contributed by atoms with E-state index in [1.165, 1.54) is 0 Å². The lowest BCUT2D eigenvalue weighted by Crippen LogP contribution is -2.05. The molecule has 0 saturated carbocycles. The smallest absolute Gasteiger partial charge is 0.130 e. The van der Waals surface area contributed by atoms with Crippen LogP contribution in [0.25, 0.3) is 0 Å². The molecule has 0 radical (unpaired) electrons. The Labute approximate surface area is 108 Å². The maximum Gasteiger partial charge on any atom is 0.130 e. The van der Waals surface area contributed by atoms with Gasteiger partial charge in [0.25, 0.3) is 0 Å². The van der Waals surface area contributed by atoms with Crippen LogP contribution in [0.5, 0.6) is 5.75 Å². The van der Waals surface area contributed by atoms with Crippen LogP contribution in [-0.2, 0) is 13.2 Å². The molecule has 0 aliphatic rings. The Bertz CT molecular complexity index is 538. The van der Waals surface area contributed by atoms with E-state index in [-0.39, 0.29) is 0 Å². The third kappa shape index (κ3) is 2.87. The number of pyridine rings is 1. The van der Waals surface area contributed by atoms with Gasteiger partial charge in [0, 0.05) is 17.8 Å². The zero-order valence-corrected chi connectivity index (χ0v) is 10.8. The van der Waals surface area contributed by atoms with Gasteiger partial charge >= 0.3 is 0 Å². The highest BCUT2D eigenvalue weighted by atomic mass is 16.5. The van der Waals surface area contributed by atoms with Gasteiger partial charge in [-0.2, -0.15) is 0 Å². The first kappa shape index (κ1) is 12.6. The first-order valence-corrected chi connectivity index (χ1v) is 6.04. The molecule has 3 nitrogen and oxygen atoms in total. The molecule has 1 heterocycles. The quantitative estimate of drug-likeness (QED) is 0.896. The van der Waals surface area contributed by atoms with Gasteiger partial charge < -0.3 is 10.5 Å². The van der Waals surface area contributed by atoms with Crippen molar-refractivity contribution in [1.29, 1.82) is 0 Å². The van der Waals surface area contributed by atoms with Crippen molar-refractivity contribution in [2.24, 2.45) is 5.73 Å². The molecule has 0 atom stereocenters. The largest absolute Gasteiger partial charge is 0.487 e. The average Bonchev–Trinajstić information content (AvgIpc) is 2.37. The Morgan fingerprint density at radius 2 is 1.89 bits per heavy atom. The summed E-state index contributed by atoms with van der Waals surface area (Å²) in [6, 6.07) is 11.9. The molecule has 0 spiro atoms. The molecule has 0 unspecified atom stereocenters. The van der Waals surface area contributed by atoms with Gasteiger partial charge in [-0.25, -0.2) is 0 Å². The highest BCUT2D eigenvalue weighted by Gasteiger charge is 2.06. The van der Waals surface area contributed by atoms with E-state index in [1.807, 2.05) is 50.2 Å². The molecule has 18 heavy (non-hydrogen) atoms. The molecule has 0 amide bonds. The minimum atomic E-state index is 0.472. The summed E-state index contributed by atoms with van der Waals surface area (Å²) in [6.45, 7) is 4.96. The minimum Gasteiger partial charge on any atom is -0.487 e. The van der Waals surface area contributed by atoms with Gasteiger partial charge in [-0.15, -0.1) is 0 Å². The second kappa shape index (κ2) is 5.65. The van der Waals surface area contributed by atoms with Crippen molar-refractivity contribution in [3.63, 3.8) is 0 Å². The normalized spacial score (nSPS) is 10.4. The van der Waals surface area contributed by atoms with Gasteiger partial charge in [0.1, 0.15) is 12.4 Å². The minimum absolute atomic E-state index is 0.472. The van der Waals surface area contributed by atoms with Gasteiger partial charge in [-0.05, 0) is 31.5 Å². The zero-order valence-electron chi connectivity index (χ0n) is 10.8. The van der Waals surface area contributed by atoms with Crippen molar-refractivity contribution >= 4 is 0 Å². The van der Waals surface area contributed by atoms with Crippen LogP contribution in [0.1, 0.15) is 22.5 Å². The van der Waals surface area contributed by atoms with Crippen LogP contribution >= 0.6 is 0 Å². The van der Waals surface area contributed by atoms with E-state index in [0.717, 1.165) is 28.3 Å². The molecule has 0 fully saturated rings. The summed E-state index contributed by atoms with van der Waals surface area (Å²) >= 11 is 0. The fourth-order valence-electron chi connectivity index (χ4n) is 1.91. The van der Waals surface area contributed by atoms with Crippen LogP contribution in [-0.4, -0.2) is 4.98 Å². The number of ether oxygens (including phenoxy) is 1. The van der Waals surface area contributed by atoms with Crippen LogP contribution < -0.4 is 10.5 Å². The van der Waals surface area contributed by atoms with Gasteiger partial charge in [0.15, 0.2) is 0 Å². The Balaban J connectivity index is 2.15. The predicted molar refractivity (Wildman–Crippen MR) is 72.4 cm³/mol. The van der Waals surface area contributed by atoms with E-state index in [9.17, 15) is 0 Å². The predicted octanol–water partition coefficient (Wildman–Crippen LogP) is 2.74. The summed E-state index contributed by atoms with van der Waals surface area (Å²) in [7, 11) is 0. The van der Waals surface area contributed by atoms with Crippen molar-refractivity contribution in [2.75, 3.05) is 0 Å². The van der Waals surface area contributed by atoms with Crippen molar-refractivity contribution in [2.45, 2.75) is 27.0 Å². The summed E-state index contributed by atoms with van der Waals surface area (Å²) in [5.41, 5.74) is 9.78. The summed E-state index contributed by atoms with van der Waals surface area (Å²) in [6.07, 6.45) is 0. The fraction of sp³-hybridized carbons (Fsp3) is 0.267. The highest BCUT2D eigenvalue weighted by molar-refractivity contribution is 5.40. The monoisotopic (exact) mass is 242 g/mol.